The first kappa shape index (κ1) is 24.6. The highest BCUT2D eigenvalue weighted by atomic mass is 32.2. The van der Waals surface area contributed by atoms with Crippen LogP contribution >= 0.6 is 11.3 Å². The standard InChI is InChI=1S/C27H32N2O3S2/c1-5-13-28(34(31,32)27-20(3)16-19(2)17-21(27)4)18-25(30)29-14-11-24-23(12-15-33-24)26(29)22-9-7-6-8-10-22/h6-10,12,15-17,26H,5,11,13-14,18H2,1-4H3. The molecular weight excluding hydrogens is 464 g/mol. The summed E-state index contributed by atoms with van der Waals surface area (Å²) in [5.74, 6) is -0.162. The molecule has 2 aromatic carbocycles. The van der Waals surface area contributed by atoms with Crippen molar-refractivity contribution in [1.29, 1.82) is 0 Å². The second kappa shape index (κ2) is 10.0. The topological polar surface area (TPSA) is 57.7 Å². The van der Waals surface area contributed by atoms with E-state index in [0.717, 1.165) is 23.1 Å². The largest absolute Gasteiger partial charge is 0.330 e. The monoisotopic (exact) mass is 496 g/mol. The van der Waals surface area contributed by atoms with Crippen LogP contribution in [0.2, 0.25) is 0 Å². The van der Waals surface area contributed by atoms with Gasteiger partial charge in [0, 0.05) is 18.0 Å². The molecule has 0 bridgehead atoms. The molecule has 0 aliphatic carbocycles. The number of thiophene rings is 1. The Bertz CT molecular complexity index is 1260. The zero-order chi connectivity index (χ0) is 24.5. The Labute approximate surface area is 207 Å². The third-order valence-corrected chi connectivity index (χ3v) is 9.54. The third kappa shape index (κ3) is 4.69. The van der Waals surface area contributed by atoms with Crippen LogP contribution in [0.1, 0.15) is 52.1 Å². The summed E-state index contributed by atoms with van der Waals surface area (Å²) >= 11 is 1.72. The number of sulfonamides is 1. The zero-order valence-electron chi connectivity index (χ0n) is 20.2. The molecule has 0 N–H and O–H groups in total. The van der Waals surface area contributed by atoms with Gasteiger partial charge in [0.2, 0.25) is 15.9 Å². The third-order valence-electron chi connectivity index (χ3n) is 6.39. The Hall–Kier alpha value is -2.48. The molecule has 1 unspecified atom stereocenters. The van der Waals surface area contributed by atoms with Crippen LogP contribution in [-0.4, -0.2) is 43.2 Å². The number of aryl methyl sites for hydroxylation is 3. The second-order valence-electron chi connectivity index (χ2n) is 9.02. The lowest BCUT2D eigenvalue weighted by atomic mass is 9.93. The number of hydrogen-bond donors (Lipinski definition) is 0. The highest BCUT2D eigenvalue weighted by Gasteiger charge is 2.36. The van der Waals surface area contributed by atoms with Gasteiger partial charge >= 0.3 is 0 Å². The van der Waals surface area contributed by atoms with Crippen LogP contribution in [0.4, 0.5) is 0 Å². The van der Waals surface area contributed by atoms with E-state index in [0.29, 0.717) is 35.5 Å². The predicted molar refractivity (Wildman–Crippen MR) is 138 cm³/mol. The molecule has 1 aromatic heterocycles. The highest BCUT2D eigenvalue weighted by Crippen LogP contribution is 2.38. The summed E-state index contributed by atoms with van der Waals surface area (Å²) < 4.78 is 28.9. The first-order chi connectivity index (χ1) is 16.2. The van der Waals surface area contributed by atoms with Crippen molar-refractivity contribution in [1.82, 2.24) is 9.21 Å². The minimum absolute atomic E-state index is 0.161. The Morgan fingerprint density at radius 1 is 1.09 bits per heavy atom. The van der Waals surface area contributed by atoms with E-state index in [2.05, 4.69) is 11.4 Å². The molecule has 0 saturated carbocycles. The lowest BCUT2D eigenvalue weighted by Crippen LogP contribution is -2.47. The first-order valence-electron chi connectivity index (χ1n) is 11.7. The van der Waals surface area contributed by atoms with Gasteiger partial charge in [-0.3, -0.25) is 4.79 Å². The van der Waals surface area contributed by atoms with Crippen molar-refractivity contribution in [3.63, 3.8) is 0 Å². The summed E-state index contributed by atoms with van der Waals surface area (Å²) in [5.41, 5.74) is 4.65. The van der Waals surface area contributed by atoms with Crippen LogP contribution < -0.4 is 0 Å². The summed E-state index contributed by atoms with van der Waals surface area (Å²) in [6.07, 6.45) is 1.42. The number of carbonyl (C=O) groups is 1. The zero-order valence-corrected chi connectivity index (χ0v) is 21.9. The van der Waals surface area contributed by atoms with Gasteiger partial charge in [0.25, 0.3) is 0 Å². The lowest BCUT2D eigenvalue weighted by molar-refractivity contribution is -0.133. The number of fused-ring (bicyclic) bond motifs is 1. The van der Waals surface area contributed by atoms with Gasteiger partial charge < -0.3 is 4.90 Å². The van der Waals surface area contributed by atoms with Gasteiger partial charge in [0.1, 0.15) is 0 Å². The van der Waals surface area contributed by atoms with E-state index in [1.807, 2.05) is 75.1 Å². The molecule has 34 heavy (non-hydrogen) atoms. The fraction of sp³-hybridized carbons (Fsp3) is 0.370. The molecule has 0 fully saturated rings. The minimum Gasteiger partial charge on any atom is -0.330 e. The molecule has 180 valence electrons. The highest BCUT2D eigenvalue weighted by molar-refractivity contribution is 7.89. The molecule has 1 atom stereocenters. The van der Waals surface area contributed by atoms with Crippen LogP contribution in [0.3, 0.4) is 0 Å². The predicted octanol–water partition coefficient (Wildman–Crippen LogP) is 5.25. The van der Waals surface area contributed by atoms with Crippen molar-refractivity contribution in [3.8, 4) is 0 Å². The van der Waals surface area contributed by atoms with Crippen molar-refractivity contribution < 1.29 is 13.2 Å². The van der Waals surface area contributed by atoms with Gasteiger partial charge in [-0.05, 0) is 67.3 Å². The van der Waals surface area contributed by atoms with Crippen LogP contribution in [0.25, 0.3) is 0 Å². The maximum atomic E-state index is 13.8. The molecule has 1 amide bonds. The van der Waals surface area contributed by atoms with Crippen molar-refractivity contribution in [2.24, 2.45) is 0 Å². The van der Waals surface area contributed by atoms with Crippen molar-refractivity contribution in [3.05, 3.63) is 86.6 Å². The van der Waals surface area contributed by atoms with Crippen LogP contribution in [0, 0.1) is 20.8 Å². The average Bonchev–Trinajstić information content (AvgIpc) is 3.26. The summed E-state index contributed by atoms with van der Waals surface area (Å²) in [6.45, 7) is 8.27. The molecule has 3 aromatic rings. The van der Waals surface area contributed by atoms with E-state index < -0.39 is 10.0 Å². The lowest BCUT2D eigenvalue weighted by Gasteiger charge is -2.37. The van der Waals surface area contributed by atoms with E-state index in [9.17, 15) is 13.2 Å². The normalized spacial score (nSPS) is 16.0. The molecule has 7 heteroatoms. The number of amides is 1. The second-order valence-corrected chi connectivity index (χ2v) is 11.9. The number of hydrogen-bond acceptors (Lipinski definition) is 4. The minimum atomic E-state index is -3.82. The maximum absolute atomic E-state index is 13.8. The van der Waals surface area contributed by atoms with E-state index >= 15 is 0 Å². The molecule has 1 aliphatic rings. The summed E-state index contributed by atoms with van der Waals surface area (Å²) in [7, 11) is -3.82. The molecule has 2 heterocycles. The SMILES string of the molecule is CCCN(CC(=O)N1CCc2sccc2C1c1ccccc1)S(=O)(=O)c1c(C)cc(C)cc1C. The van der Waals surface area contributed by atoms with Gasteiger partial charge in [-0.25, -0.2) is 8.42 Å². The van der Waals surface area contributed by atoms with Crippen molar-refractivity contribution in [2.75, 3.05) is 19.6 Å². The maximum Gasteiger partial charge on any atom is 0.244 e. The van der Waals surface area contributed by atoms with Gasteiger partial charge in [-0.15, -0.1) is 11.3 Å². The molecule has 0 radical (unpaired) electrons. The number of nitrogens with zero attached hydrogens (tertiary/aromatic N) is 2. The Balaban J connectivity index is 1.68. The number of carbonyl (C=O) groups excluding carboxylic acids is 1. The van der Waals surface area contributed by atoms with Crippen molar-refractivity contribution in [2.45, 2.75) is 51.5 Å². The first-order valence-corrected chi connectivity index (χ1v) is 14.0. The van der Waals surface area contributed by atoms with Crippen molar-refractivity contribution >= 4 is 27.3 Å². The summed E-state index contributed by atoms with van der Waals surface area (Å²) in [5, 5.41) is 2.07. The molecule has 5 nitrogen and oxygen atoms in total. The Morgan fingerprint density at radius 2 is 1.76 bits per heavy atom. The Morgan fingerprint density at radius 3 is 2.41 bits per heavy atom. The fourth-order valence-corrected chi connectivity index (χ4v) is 7.85. The number of rotatable bonds is 7. The quantitative estimate of drug-likeness (QED) is 0.449. The molecule has 1 aliphatic heterocycles. The van der Waals surface area contributed by atoms with Crippen LogP contribution in [-0.2, 0) is 21.2 Å². The van der Waals surface area contributed by atoms with Crippen LogP contribution in [0.5, 0.6) is 0 Å². The van der Waals surface area contributed by atoms with Gasteiger partial charge in [-0.1, -0.05) is 55.0 Å². The van der Waals surface area contributed by atoms with Crippen LogP contribution in [0.15, 0.2) is 58.8 Å². The molecule has 0 spiro atoms. The van der Waals surface area contributed by atoms with Gasteiger partial charge in [0.15, 0.2) is 0 Å². The molecule has 0 saturated heterocycles. The smallest absolute Gasteiger partial charge is 0.244 e. The summed E-state index contributed by atoms with van der Waals surface area (Å²) in [4.78, 5) is 17.2. The molecular formula is C27H32N2O3S2. The van der Waals surface area contributed by atoms with Gasteiger partial charge in [0.05, 0.1) is 17.5 Å². The average molecular weight is 497 g/mol. The van der Waals surface area contributed by atoms with E-state index in [1.54, 1.807) is 11.3 Å². The number of benzene rings is 2. The van der Waals surface area contributed by atoms with E-state index in [-0.39, 0.29) is 18.5 Å². The van der Waals surface area contributed by atoms with Gasteiger partial charge in [-0.2, -0.15) is 4.31 Å². The Kier molecular flexibility index (Phi) is 7.26. The fourth-order valence-electron chi connectivity index (χ4n) is 5.06. The van der Waals surface area contributed by atoms with E-state index in [1.165, 1.54) is 9.18 Å². The molecule has 4 rings (SSSR count). The van der Waals surface area contributed by atoms with E-state index in [4.69, 9.17) is 0 Å². The summed E-state index contributed by atoms with van der Waals surface area (Å²) in [6, 6.07) is 15.7.